The van der Waals surface area contributed by atoms with Crippen LogP contribution in [0.15, 0.2) is 60.7 Å². The van der Waals surface area contributed by atoms with Crippen LogP contribution >= 0.6 is 0 Å². The van der Waals surface area contributed by atoms with Gasteiger partial charge >= 0.3 is 0 Å². The molecule has 4 aromatic rings. The number of rotatable bonds is 3. The van der Waals surface area contributed by atoms with Crippen LogP contribution in [-0.2, 0) is 4.79 Å². The van der Waals surface area contributed by atoms with Crippen molar-refractivity contribution in [2.75, 3.05) is 12.4 Å². The fourth-order valence-corrected chi connectivity index (χ4v) is 3.17. The molecule has 1 amide bonds. The number of hydrogen-bond acceptors (Lipinski definition) is 2. The molecule has 0 saturated heterocycles. The molecular formula is C21H18N2O2. The van der Waals surface area contributed by atoms with E-state index >= 15 is 0 Å². The van der Waals surface area contributed by atoms with Gasteiger partial charge in [0.2, 0.25) is 5.91 Å². The van der Waals surface area contributed by atoms with Gasteiger partial charge in [-0.25, -0.2) is 0 Å². The molecule has 0 aliphatic heterocycles. The number of aromatic amines is 1. The summed E-state index contributed by atoms with van der Waals surface area (Å²) in [5, 5.41) is 5.11. The van der Waals surface area contributed by atoms with E-state index in [0.717, 1.165) is 44.4 Å². The fraction of sp³-hybridized carbons (Fsp3) is 0.0952. The van der Waals surface area contributed by atoms with Gasteiger partial charge in [0.1, 0.15) is 5.75 Å². The van der Waals surface area contributed by atoms with Crippen molar-refractivity contribution in [3.05, 3.63) is 60.7 Å². The molecule has 4 rings (SSSR count). The molecule has 124 valence electrons. The number of benzene rings is 3. The van der Waals surface area contributed by atoms with E-state index in [9.17, 15) is 4.79 Å². The summed E-state index contributed by atoms with van der Waals surface area (Å²) in [4.78, 5) is 14.7. The molecule has 0 bridgehead atoms. The first-order valence-electron chi connectivity index (χ1n) is 8.11. The van der Waals surface area contributed by atoms with Gasteiger partial charge in [0, 0.05) is 34.4 Å². The number of nitrogens with one attached hydrogen (secondary N) is 2. The van der Waals surface area contributed by atoms with Crippen LogP contribution in [0.4, 0.5) is 5.69 Å². The molecule has 0 atom stereocenters. The predicted octanol–water partition coefficient (Wildman–Crippen LogP) is 4.96. The lowest BCUT2D eigenvalue weighted by Gasteiger charge is -2.05. The molecule has 3 aromatic carbocycles. The predicted molar refractivity (Wildman–Crippen MR) is 102 cm³/mol. The van der Waals surface area contributed by atoms with E-state index in [1.165, 1.54) is 6.92 Å². The molecule has 4 heteroatoms. The highest BCUT2D eigenvalue weighted by Gasteiger charge is 2.08. The first kappa shape index (κ1) is 15.3. The van der Waals surface area contributed by atoms with Gasteiger partial charge in [-0.05, 0) is 47.5 Å². The molecule has 0 saturated carbocycles. The third kappa shape index (κ3) is 2.83. The van der Waals surface area contributed by atoms with E-state index in [-0.39, 0.29) is 5.91 Å². The topological polar surface area (TPSA) is 54.1 Å². The van der Waals surface area contributed by atoms with Crippen molar-refractivity contribution in [2.45, 2.75) is 6.92 Å². The van der Waals surface area contributed by atoms with Crippen LogP contribution in [0.3, 0.4) is 0 Å². The van der Waals surface area contributed by atoms with Crippen LogP contribution < -0.4 is 10.1 Å². The van der Waals surface area contributed by atoms with Crippen LogP contribution in [0.25, 0.3) is 32.9 Å². The number of anilines is 1. The summed E-state index contributed by atoms with van der Waals surface area (Å²) >= 11 is 0. The molecule has 0 unspecified atom stereocenters. The maximum absolute atomic E-state index is 11.2. The second-order valence-corrected chi connectivity index (χ2v) is 6.06. The molecule has 0 aliphatic carbocycles. The first-order valence-corrected chi connectivity index (χ1v) is 8.11. The molecule has 25 heavy (non-hydrogen) atoms. The minimum Gasteiger partial charge on any atom is -0.497 e. The number of carbonyl (C=O) groups is 1. The lowest BCUT2D eigenvalue weighted by atomic mass is 10.0. The molecule has 0 spiro atoms. The Bertz CT molecular complexity index is 1100. The number of ether oxygens (including phenoxy) is 1. The van der Waals surface area contributed by atoms with Gasteiger partial charge in [0.15, 0.2) is 0 Å². The minimum atomic E-state index is -0.0734. The number of carbonyl (C=O) groups excluding carboxylic acids is 1. The van der Waals surface area contributed by atoms with E-state index in [4.69, 9.17) is 4.74 Å². The van der Waals surface area contributed by atoms with Gasteiger partial charge in [-0.1, -0.05) is 24.3 Å². The summed E-state index contributed by atoms with van der Waals surface area (Å²) in [6.45, 7) is 1.51. The monoisotopic (exact) mass is 330 g/mol. The van der Waals surface area contributed by atoms with E-state index in [1.807, 2.05) is 36.4 Å². The molecule has 1 aromatic heterocycles. The lowest BCUT2D eigenvalue weighted by molar-refractivity contribution is -0.114. The summed E-state index contributed by atoms with van der Waals surface area (Å²) in [5.41, 5.74) is 5.12. The fourth-order valence-electron chi connectivity index (χ4n) is 3.17. The number of fused-ring (bicyclic) bond motifs is 3. The normalized spacial score (nSPS) is 11.0. The lowest BCUT2D eigenvalue weighted by Crippen LogP contribution is -2.05. The van der Waals surface area contributed by atoms with Crippen LogP contribution in [0.2, 0.25) is 0 Å². The van der Waals surface area contributed by atoms with E-state index in [2.05, 4.69) is 34.6 Å². The quantitative estimate of drug-likeness (QED) is 0.558. The highest BCUT2D eigenvalue weighted by Crippen LogP contribution is 2.32. The Balaban J connectivity index is 1.84. The first-order chi connectivity index (χ1) is 12.1. The summed E-state index contributed by atoms with van der Waals surface area (Å²) < 4.78 is 5.32. The van der Waals surface area contributed by atoms with Crippen molar-refractivity contribution in [1.29, 1.82) is 0 Å². The number of hydrogen-bond donors (Lipinski definition) is 2. The Morgan fingerprint density at radius 1 is 0.920 bits per heavy atom. The zero-order chi connectivity index (χ0) is 17.4. The molecule has 0 aliphatic rings. The SMILES string of the molecule is COc1cccc(-c2ccc3[nH]c4cc(NC(C)=O)ccc4c3c2)c1. The Kier molecular flexibility index (Phi) is 3.65. The Morgan fingerprint density at radius 2 is 1.76 bits per heavy atom. The van der Waals surface area contributed by atoms with Gasteiger partial charge in [-0.2, -0.15) is 0 Å². The maximum atomic E-state index is 11.2. The number of methoxy groups -OCH3 is 1. The Labute approximate surface area is 145 Å². The minimum absolute atomic E-state index is 0.0734. The molecule has 4 nitrogen and oxygen atoms in total. The largest absolute Gasteiger partial charge is 0.497 e. The Hall–Kier alpha value is -3.27. The second-order valence-electron chi connectivity index (χ2n) is 6.06. The van der Waals surface area contributed by atoms with Gasteiger partial charge in [-0.3, -0.25) is 4.79 Å². The van der Waals surface area contributed by atoms with Crippen LogP contribution in [0, 0.1) is 0 Å². The molecular weight excluding hydrogens is 312 g/mol. The smallest absolute Gasteiger partial charge is 0.221 e. The van der Waals surface area contributed by atoms with Crippen molar-refractivity contribution >= 4 is 33.4 Å². The number of amides is 1. The van der Waals surface area contributed by atoms with Crippen molar-refractivity contribution in [2.24, 2.45) is 0 Å². The molecule has 2 N–H and O–H groups in total. The van der Waals surface area contributed by atoms with Crippen LogP contribution in [0.1, 0.15) is 6.92 Å². The van der Waals surface area contributed by atoms with Crippen molar-refractivity contribution in [3.63, 3.8) is 0 Å². The summed E-state index contributed by atoms with van der Waals surface area (Å²) in [5.74, 6) is 0.771. The van der Waals surface area contributed by atoms with Gasteiger partial charge in [0.05, 0.1) is 7.11 Å². The summed E-state index contributed by atoms with van der Waals surface area (Å²) in [7, 11) is 1.68. The average Bonchev–Trinajstić information content (AvgIpc) is 2.98. The van der Waals surface area contributed by atoms with Gasteiger partial charge in [0.25, 0.3) is 0 Å². The molecule has 1 heterocycles. The zero-order valence-electron chi connectivity index (χ0n) is 14.1. The van der Waals surface area contributed by atoms with Gasteiger partial charge in [-0.15, -0.1) is 0 Å². The van der Waals surface area contributed by atoms with Crippen molar-refractivity contribution in [1.82, 2.24) is 4.98 Å². The van der Waals surface area contributed by atoms with Gasteiger partial charge < -0.3 is 15.0 Å². The molecule has 0 fully saturated rings. The van der Waals surface area contributed by atoms with Crippen molar-refractivity contribution in [3.8, 4) is 16.9 Å². The third-order valence-electron chi connectivity index (χ3n) is 4.32. The zero-order valence-corrected chi connectivity index (χ0v) is 14.1. The summed E-state index contributed by atoms with van der Waals surface area (Å²) in [6, 6.07) is 20.3. The average molecular weight is 330 g/mol. The highest BCUT2D eigenvalue weighted by atomic mass is 16.5. The highest BCUT2D eigenvalue weighted by molar-refractivity contribution is 6.09. The standard InChI is InChI=1S/C21H18N2O2/c1-13(24)22-16-7-8-18-19-11-15(6-9-20(19)23-21(18)12-16)14-4-3-5-17(10-14)25-2/h3-12,23H,1-2H3,(H,22,24). The van der Waals surface area contributed by atoms with E-state index in [1.54, 1.807) is 7.11 Å². The van der Waals surface area contributed by atoms with E-state index < -0.39 is 0 Å². The van der Waals surface area contributed by atoms with Crippen molar-refractivity contribution < 1.29 is 9.53 Å². The Morgan fingerprint density at radius 3 is 2.56 bits per heavy atom. The number of aromatic nitrogens is 1. The summed E-state index contributed by atoms with van der Waals surface area (Å²) in [6.07, 6.45) is 0. The van der Waals surface area contributed by atoms with Crippen LogP contribution in [0.5, 0.6) is 5.75 Å². The third-order valence-corrected chi connectivity index (χ3v) is 4.32. The van der Waals surface area contributed by atoms with Crippen LogP contribution in [-0.4, -0.2) is 18.0 Å². The second kappa shape index (κ2) is 5.98. The molecule has 0 radical (unpaired) electrons. The maximum Gasteiger partial charge on any atom is 0.221 e. The van der Waals surface area contributed by atoms with E-state index in [0.29, 0.717) is 0 Å². The number of H-pyrrole nitrogens is 1.